The highest BCUT2D eigenvalue weighted by Gasteiger charge is 2.46. The van der Waals surface area contributed by atoms with Crippen LogP contribution in [0.5, 0.6) is 0 Å². The smallest absolute Gasteiger partial charge is 0.295 e. The third kappa shape index (κ3) is 3.59. The van der Waals surface area contributed by atoms with Crippen molar-refractivity contribution in [2.24, 2.45) is 0 Å². The van der Waals surface area contributed by atoms with Gasteiger partial charge in [0.15, 0.2) is 0 Å². The number of likely N-dealkylation sites (N-methyl/N-ethyl adjacent to an activating group) is 1. The molecule has 1 aliphatic rings. The minimum absolute atomic E-state index is 0.116. The van der Waals surface area contributed by atoms with Crippen LogP contribution in [0.1, 0.15) is 17.2 Å². The summed E-state index contributed by atoms with van der Waals surface area (Å²) in [4.78, 5) is 32.4. The first-order chi connectivity index (χ1) is 12.9. The van der Waals surface area contributed by atoms with Gasteiger partial charge >= 0.3 is 0 Å². The maximum absolute atomic E-state index is 14.5. The molecule has 0 spiro atoms. The van der Waals surface area contributed by atoms with E-state index in [1.807, 2.05) is 19.0 Å². The Labute approximate surface area is 156 Å². The first-order valence-corrected chi connectivity index (χ1v) is 8.49. The topological polar surface area (TPSA) is 73.7 Å². The van der Waals surface area contributed by atoms with Crippen molar-refractivity contribution in [1.29, 1.82) is 0 Å². The van der Waals surface area contributed by atoms with Crippen LogP contribution < -0.4 is 0 Å². The fourth-order valence-electron chi connectivity index (χ4n) is 3.10. The summed E-state index contributed by atoms with van der Waals surface area (Å²) < 4.78 is 14.5. The Hall–Kier alpha value is -3.06. The second kappa shape index (κ2) is 7.67. The number of Topliss-reactive ketones (excluding diaryl/α,β-unsaturated/α-hetero) is 1. The van der Waals surface area contributed by atoms with Crippen molar-refractivity contribution in [3.63, 3.8) is 0 Å². The molecule has 1 N–H and O–H groups in total. The van der Waals surface area contributed by atoms with Crippen molar-refractivity contribution < 1.29 is 19.1 Å². The van der Waals surface area contributed by atoms with E-state index in [4.69, 9.17) is 0 Å². The number of benzene rings is 1. The van der Waals surface area contributed by atoms with Gasteiger partial charge in [0.25, 0.3) is 11.7 Å². The van der Waals surface area contributed by atoms with Crippen LogP contribution in [0.25, 0.3) is 5.76 Å². The lowest BCUT2D eigenvalue weighted by Crippen LogP contribution is -2.35. The second-order valence-electron chi connectivity index (χ2n) is 6.55. The molecule has 1 atom stereocenters. The molecule has 0 radical (unpaired) electrons. The highest BCUT2D eigenvalue weighted by atomic mass is 19.1. The average Bonchev–Trinajstić information content (AvgIpc) is 2.91. The third-order valence-corrected chi connectivity index (χ3v) is 4.48. The SMILES string of the molecule is CN(C)CCN1C(=O)C(=O)/C(=C(/O)c2ccncc2)C1c1ccccc1F. The molecule has 1 aliphatic heterocycles. The number of ketones is 1. The largest absolute Gasteiger partial charge is 0.507 e. The van der Waals surface area contributed by atoms with Gasteiger partial charge in [0.05, 0.1) is 11.6 Å². The van der Waals surface area contributed by atoms with Gasteiger partial charge in [0, 0.05) is 36.6 Å². The number of nitrogens with zero attached hydrogens (tertiary/aromatic N) is 3. The number of amides is 1. The zero-order valence-electron chi connectivity index (χ0n) is 15.1. The highest BCUT2D eigenvalue weighted by molar-refractivity contribution is 6.46. The zero-order valence-corrected chi connectivity index (χ0v) is 15.1. The lowest BCUT2D eigenvalue weighted by Gasteiger charge is -2.26. The number of rotatable bonds is 5. The Balaban J connectivity index is 2.17. The van der Waals surface area contributed by atoms with E-state index < -0.39 is 23.5 Å². The van der Waals surface area contributed by atoms with Gasteiger partial charge in [-0.25, -0.2) is 4.39 Å². The Morgan fingerprint density at radius 1 is 1.19 bits per heavy atom. The van der Waals surface area contributed by atoms with E-state index in [9.17, 15) is 19.1 Å². The molecule has 0 bridgehead atoms. The zero-order chi connectivity index (χ0) is 19.6. The van der Waals surface area contributed by atoms with Gasteiger partial charge in [-0.15, -0.1) is 0 Å². The average molecular weight is 369 g/mol. The van der Waals surface area contributed by atoms with Crippen molar-refractivity contribution in [2.45, 2.75) is 6.04 Å². The van der Waals surface area contributed by atoms with E-state index in [0.717, 1.165) is 0 Å². The van der Waals surface area contributed by atoms with Crippen molar-refractivity contribution in [2.75, 3.05) is 27.2 Å². The van der Waals surface area contributed by atoms with E-state index in [1.54, 1.807) is 6.07 Å². The molecular weight excluding hydrogens is 349 g/mol. The molecule has 0 saturated carbocycles. The maximum Gasteiger partial charge on any atom is 0.295 e. The van der Waals surface area contributed by atoms with Crippen molar-refractivity contribution in [3.8, 4) is 0 Å². The minimum Gasteiger partial charge on any atom is -0.507 e. The van der Waals surface area contributed by atoms with Gasteiger partial charge in [-0.05, 0) is 32.3 Å². The molecule has 1 unspecified atom stereocenters. The number of carbonyl (C=O) groups excluding carboxylic acids is 2. The fraction of sp³-hybridized carbons (Fsp3) is 0.250. The van der Waals surface area contributed by atoms with Crippen LogP contribution in [-0.4, -0.2) is 58.8 Å². The van der Waals surface area contributed by atoms with E-state index in [1.165, 1.54) is 47.6 Å². The summed E-state index contributed by atoms with van der Waals surface area (Å²) in [6.45, 7) is 0.719. The van der Waals surface area contributed by atoms with Gasteiger partial charge in [-0.2, -0.15) is 0 Å². The number of carbonyl (C=O) groups is 2. The summed E-state index contributed by atoms with van der Waals surface area (Å²) in [5.41, 5.74) is 0.401. The summed E-state index contributed by atoms with van der Waals surface area (Å²) in [6.07, 6.45) is 2.94. The molecular formula is C20H20FN3O3. The molecule has 1 aromatic carbocycles. The summed E-state index contributed by atoms with van der Waals surface area (Å²) in [6, 6.07) is 8.04. The van der Waals surface area contributed by atoms with Crippen LogP contribution in [0.4, 0.5) is 4.39 Å². The van der Waals surface area contributed by atoms with Gasteiger partial charge in [0.1, 0.15) is 11.6 Å². The fourth-order valence-corrected chi connectivity index (χ4v) is 3.10. The van der Waals surface area contributed by atoms with Gasteiger partial charge in [0.2, 0.25) is 0 Å². The minimum atomic E-state index is -0.987. The normalized spacial score (nSPS) is 19.1. The van der Waals surface area contributed by atoms with Crippen LogP contribution in [0, 0.1) is 5.82 Å². The number of likely N-dealkylation sites (tertiary alicyclic amines) is 1. The molecule has 7 heteroatoms. The van der Waals surface area contributed by atoms with Crippen LogP contribution >= 0.6 is 0 Å². The summed E-state index contributed by atoms with van der Waals surface area (Å²) in [5.74, 6) is -2.45. The summed E-state index contributed by atoms with van der Waals surface area (Å²) >= 11 is 0. The summed E-state index contributed by atoms with van der Waals surface area (Å²) in [5, 5.41) is 10.7. The molecule has 1 saturated heterocycles. The summed E-state index contributed by atoms with van der Waals surface area (Å²) in [7, 11) is 3.68. The maximum atomic E-state index is 14.5. The molecule has 6 nitrogen and oxygen atoms in total. The monoisotopic (exact) mass is 369 g/mol. The van der Waals surface area contributed by atoms with Crippen LogP contribution in [0.3, 0.4) is 0 Å². The van der Waals surface area contributed by atoms with E-state index in [2.05, 4.69) is 4.98 Å². The first-order valence-electron chi connectivity index (χ1n) is 8.49. The Bertz CT molecular complexity index is 896. The van der Waals surface area contributed by atoms with Crippen molar-refractivity contribution in [1.82, 2.24) is 14.8 Å². The first kappa shape index (κ1) is 18.7. The molecule has 27 heavy (non-hydrogen) atoms. The van der Waals surface area contributed by atoms with Crippen LogP contribution in [-0.2, 0) is 9.59 Å². The molecule has 2 aromatic rings. The number of hydrogen-bond donors (Lipinski definition) is 1. The number of pyridine rings is 1. The Morgan fingerprint density at radius 3 is 2.48 bits per heavy atom. The number of aliphatic hydroxyl groups excluding tert-OH is 1. The second-order valence-corrected chi connectivity index (χ2v) is 6.55. The molecule has 2 heterocycles. The van der Waals surface area contributed by atoms with Gasteiger partial charge in [-0.1, -0.05) is 18.2 Å². The van der Waals surface area contributed by atoms with E-state index >= 15 is 0 Å². The van der Waals surface area contributed by atoms with E-state index in [-0.39, 0.29) is 23.4 Å². The van der Waals surface area contributed by atoms with Crippen molar-refractivity contribution >= 4 is 17.4 Å². The molecule has 3 rings (SSSR count). The van der Waals surface area contributed by atoms with Crippen LogP contribution in [0.15, 0.2) is 54.4 Å². The highest BCUT2D eigenvalue weighted by Crippen LogP contribution is 2.39. The van der Waals surface area contributed by atoms with Gasteiger partial charge < -0.3 is 14.9 Å². The molecule has 0 aliphatic carbocycles. The predicted molar refractivity (Wildman–Crippen MR) is 98.2 cm³/mol. The molecule has 1 fully saturated rings. The lowest BCUT2D eigenvalue weighted by atomic mass is 9.95. The van der Waals surface area contributed by atoms with E-state index in [0.29, 0.717) is 12.1 Å². The van der Waals surface area contributed by atoms with Crippen molar-refractivity contribution in [3.05, 3.63) is 71.3 Å². The quantitative estimate of drug-likeness (QED) is 0.497. The number of halogens is 1. The van der Waals surface area contributed by atoms with Gasteiger partial charge in [-0.3, -0.25) is 14.6 Å². The lowest BCUT2D eigenvalue weighted by molar-refractivity contribution is -0.140. The molecule has 140 valence electrons. The number of hydrogen-bond acceptors (Lipinski definition) is 5. The third-order valence-electron chi connectivity index (χ3n) is 4.48. The predicted octanol–water partition coefficient (Wildman–Crippen LogP) is 2.20. The Kier molecular flexibility index (Phi) is 5.32. The molecule has 1 amide bonds. The van der Waals surface area contributed by atoms with Crippen LogP contribution in [0.2, 0.25) is 0 Å². The number of aromatic nitrogens is 1. The Morgan fingerprint density at radius 2 is 1.85 bits per heavy atom. The molecule has 1 aromatic heterocycles. The number of aliphatic hydroxyl groups is 1. The standard InChI is InChI=1S/C20H20FN3O3/c1-23(2)11-12-24-17(14-5-3-4-6-15(14)21)16(19(26)20(24)27)18(25)13-7-9-22-10-8-13/h3-10,17,25H,11-12H2,1-2H3/b18-16+.